The van der Waals surface area contributed by atoms with Gasteiger partial charge in [0.05, 0.1) is 0 Å². The predicted molar refractivity (Wildman–Crippen MR) is 41.6 cm³/mol. The van der Waals surface area contributed by atoms with Crippen molar-refractivity contribution in [2.45, 2.75) is 20.3 Å². The van der Waals surface area contributed by atoms with Crippen LogP contribution < -0.4 is 0 Å². The average molecular weight is 122 g/mol. The van der Waals surface area contributed by atoms with Gasteiger partial charge >= 0.3 is 23.1 Å². The van der Waals surface area contributed by atoms with Gasteiger partial charge in [-0.3, -0.25) is 0 Å². The fourth-order valence-corrected chi connectivity index (χ4v) is 0. The molecule has 0 amide bonds. The Morgan fingerprint density at radius 1 is 1.75 bits per heavy atom. The van der Waals surface area contributed by atoms with Gasteiger partial charge in [0, 0.05) is 0 Å². The van der Waals surface area contributed by atoms with Crippen molar-refractivity contribution < 1.29 is 0 Å². The van der Waals surface area contributed by atoms with Crippen molar-refractivity contribution in [2.24, 2.45) is 0 Å². The van der Waals surface area contributed by atoms with Gasteiger partial charge in [-0.25, -0.2) is 19.6 Å². The molecule has 0 rings (SSSR count). The Morgan fingerprint density at radius 3 is 1.88 bits per heavy atom. The zero-order chi connectivity index (χ0) is 6.12. The Morgan fingerprint density at radius 2 is 1.88 bits per heavy atom. The molecular formula is C7H14Mg. The topological polar surface area (TPSA) is 0 Å². The van der Waals surface area contributed by atoms with Gasteiger partial charge in [0.2, 0.25) is 0 Å². The van der Waals surface area contributed by atoms with Crippen LogP contribution in [-0.2, 0) is 0 Å². The van der Waals surface area contributed by atoms with E-state index in [4.69, 9.17) is 0 Å². The standard InChI is InChI=1S/C4H9.C3H5.Mg/c1-3-4-2;1-3-2;/h3H,4H2,1-2H3;3H,1-2H2;/q2*-1;+2. The maximum atomic E-state index is 3.25. The van der Waals surface area contributed by atoms with Crippen LogP contribution in [0, 0.1) is 13.3 Å². The molecule has 0 nitrogen and oxygen atoms in total. The van der Waals surface area contributed by atoms with Crippen LogP contribution in [0.2, 0.25) is 0 Å². The first-order valence-corrected chi connectivity index (χ1v) is 2.51. The molecule has 0 aliphatic heterocycles. The van der Waals surface area contributed by atoms with Gasteiger partial charge in [-0.1, -0.05) is 6.92 Å². The minimum atomic E-state index is 0. The van der Waals surface area contributed by atoms with E-state index in [0.29, 0.717) is 0 Å². The summed E-state index contributed by atoms with van der Waals surface area (Å²) in [5, 5.41) is 0. The van der Waals surface area contributed by atoms with E-state index in [1.165, 1.54) is 12.5 Å². The first-order chi connectivity index (χ1) is 3.33. The maximum absolute atomic E-state index is 3.25. The van der Waals surface area contributed by atoms with Crippen LogP contribution in [0.25, 0.3) is 0 Å². The molecule has 1 heteroatoms. The quantitative estimate of drug-likeness (QED) is 0.370. The first kappa shape index (κ1) is 15.8. The molecular weight excluding hydrogens is 108 g/mol. The normalized spacial score (nSPS) is 5.25. The summed E-state index contributed by atoms with van der Waals surface area (Å²) in [5.41, 5.74) is 0. The van der Waals surface area contributed by atoms with Gasteiger partial charge in [-0.15, -0.1) is 0 Å². The van der Waals surface area contributed by atoms with Crippen molar-refractivity contribution in [3.8, 4) is 0 Å². The summed E-state index contributed by atoms with van der Waals surface area (Å²) in [5.74, 6) is 0. The summed E-state index contributed by atoms with van der Waals surface area (Å²) < 4.78 is 0. The molecule has 0 radical (unpaired) electrons. The Balaban J connectivity index is -0.0000000575. The molecule has 0 saturated carbocycles. The molecule has 0 heterocycles. The van der Waals surface area contributed by atoms with Crippen LogP contribution in [0.3, 0.4) is 0 Å². The molecule has 0 N–H and O–H groups in total. The summed E-state index contributed by atoms with van der Waals surface area (Å²) in [6.45, 7) is 10.7. The number of hydrogen-bond acceptors (Lipinski definition) is 0. The van der Waals surface area contributed by atoms with Gasteiger partial charge in [-0.2, -0.15) is 13.3 Å². The molecule has 0 bridgehead atoms. The molecule has 0 fully saturated rings. The summed E-state index contributed by atoms with van der Waals surface area (Å²) in [4.78, 5) is 0. The van der Waals surface area contributed by atoms with Crippen molar-refractivity contribution in [3.05, 3.63) is 26.0 Å². The van der Waals surface area contributed by atoms with E-state index in [9.17, 15) is 0 Å². The molecule has 0 atom stereocenters. The summed E-state index contributed by atoms with van der Waals surface area (Å²) in [6, 6.07) is 0. The fourth-order valence-electron chi connectivity index (χ4n) is 0. The molecule has 0 aromatic rings. The predicted octanol–water partition coefficient (Wildman–Crippen LogP) is 2.25. The summed E-state index contributed by atoms with van der Waals surface area (Å²) in [6.07, 6.45) is 4.82. The molecule has 44 valence electrons. The van der Waals surface area contributed by atoms with E-state index in [-0.39, 0.29) is 23.1 Å². The molecule has 0 saturated heterocycles. The van der Waals surface area contributed by atoms with Crippen LogP contribution in [0.5, 0.6) is 0 Å². The Kier molecular flexibility index (Phi) is 51.9. The smallest absolute Gasteiger partial charge is 0.332 e. The zero-order valence-electron chi connectivity index (χ0n) is 5.98. The van der Waals surface area contributed by atoms with Crippen LogP contribution in [0.4, 0.5) is 0 Å². The van der Waals surface area contributed by atoms with Crippen molar-refractivity contribution in [3.63, 3.8) is 0 Å². The van der Waals surface area contributed by atoms with E-state index in [2.05, 4.69) is 33.8 Å². The number of allylic oxidation sites excluding steroid dienone is 1. The second-order valence-corrected chi connectivity index (χ2v) is 1.11. The Hall–Kier alpha value is 0.376. The molecule has 0 aliphatic carbocycles. The second-order valence-electron chi connectivity index (χ2n) is 1.11. The van der Waals surface area contributed by atoms with Gasteiger partial charge in [0.25, 0.3) is 0 Å². The van der Waals surface area contributed by atoms with E-state index in [0.717, 1.165) is 0 Å². The average Bonchev–Trinajstić information content (AvgIpc) is 1.69. The van der Waals surface area contributed by atoms with E-state index < -0.39 is 0 Å². The number of rotatable bonds is 1. The van der Waals surface area contributed by atoms with Crippen LogP contribution in [-0.4, -0.2) is 23.1 Å². The van der Waals surface area contributed by atoms with E-state index >= 15 is 0 Å². The van der Waals surface area contributed by atoms with Crippen LogP contribution >= 0.6 is 0 Å². The fraction of sp³-hybridized carbons (Fsp3) is 0.429. The zero-order valence-corrected chi connectivity index (χ0v) is 7.40. The number of hydrogen-bond donors (Lipinski definition) is 0. The molecule has 0 aliphatic rings. The van der Waals surface area contributed by atoms with Crippen molar-refractivity contribution in [1.29, 1.82) is 0 Å². The monoisotopic (exact) mass is 122 g/mol. The van der Waals surface area contributed by atoms with E-state index in [1.54, 1.807) is 0 Å². The third-order valence-electron chi connectivity index (χ3n) is 0.408. The second kappa shape index (κ2) is 26.3. The molecule has 0 aromatic heterocycles. The SMILES string of the molecule is C=C[CH2-].C[CH-]CC.[Mg+2]. The van der Waals surface area contributed by atoms with Crippen molar-refractivity contribution in [2.75, 3.05) is 0 Å². The van der Waals surface area contributed by atoms with Gasteiger partial charge in [-0.05, 0) is 0 Å². The Labute approximate surface area is 69.5 Å². The molecule has 0 unspecified atom stereocenters. The Bertz CT molecular complexity index is 23.6. The maximum Gasteiger partial charge on any atom is 2.00 e. The van der Waals surface area contributed by atoms with Gasteiger partial charge < -0.3 is 6.42 Å². The first-order valence-electron chi connectivity index (χ1n) is 2.51. The van der Waals surface area contributed by atoms with Crippen LogP contribution in [0.15, 0.2) is 12.7 Å². The third-order valence-corrected chi connectivity index (χ3v) is 0.408. The van der Waals surface area contributed by atoms with Crippen molar-refractivity contribution in [1.82, 2.24) is 0 Å². The molecule has 8 heavy (non-hydrogen) atoms. The minimum Gasteiger partial charge on any atom is -0.332 e. The van der Waals surface area contributed by atoms with Crippen LogP contribution in [0.1, 0.15) is 20.3 Å². The largest absolute Gasteiger partial charge is 2.00 e. The molecule has 0 spiro atoms. The van der Waals surface area contributed by atoms with E-state index in [1.807, 2.05) is 0 Å². The van der Waals surface area contributed by atoms with Gasteiger partial charge in [0.1, 0.15) is 0 Å². The molecule has 0 aromatic carbocycles. The summed E-state index contributed by atoms with van der Waals surface area (Å²) >= 11 is 0. The van der Waals surface area contributed by atoms with Gasteiger partial charge in [0.15, 0.2) is 0 Å². The van der Waals surface area contributed by atoms with Crippen molar-refractivity contribution >= 4 is 23.1 Å². The minimum absolute atomic E-state index is 0. The summed E-state index contributed by atoms with van der Waals surface area (Å²) in [7, 11) is 0. The third kappa shape index (κ3) is 97.3. The number of unbranched alkanes of at least 4 members (excludes halogenated alkanes) is 1.